The number of fused-ring (bicyclic) bond motifs is 1. The van der Waals surface area contributed by atoms with Crippen molar-refractivity contribution in [2.24, 2.45) is 0 Å². The van der Waals surface area contributed by atoms with Crippen LogP contribution in [0.5, 0.6) is 0 Å². The second-order valence-corrected chi connectivity index (χ2v) is 7.88. The molecular weight excluding hydrogens is 388 g/mol. The maximum atomic E-state index is 13.2. The van der Waals surface area contributed by atoms with Gasteiger partial charge in [-0.25, -0.2) is 4.79 Å². The molecule has 3 aromatic rings. The van der Waals surface area contributed by atoms with Crippen LogP contribution in [0.25, 0.3) is 0 Å². The van der Waals surface area contributed by atoms with Crippen molar-refractivity contribution in [1.29, 1.82) is 0 Å². The van der Waals surface area contributed by atoms with Crippen LogP contribution < -0.4 is 10.2 Å². The van der Waals surface area contributed by atoms with E-state index in [4.69, 9.17) is 4.74 Å². The van der Waals surface area contributed by atoms with Gasteiger partial charge in [-0.1, -0.05) is 84.9 Å². The van der Waals surface area contributed by atoms with Crippen LogP contribution in [0, 0.1) is 0 Å². The molecule has 31 heavy (non-hydrogen) atoms. The first-order chi connectivity index (χ1) is 15.2. The van der Waals surface area contributed by atoms with Gasteiger partial charge in [-0.15, -0.1) is 0 Å². The molecule has 0 saturated carbocycles. The zero-order chi connectivity index (χ0) is 21.6. The van der Waals surface area contributed by atoms with Crippen LogP contribution in [0.15, 0.2) is 84.9 Å². The van der Waals surface area contributed by atoms with E-state index in [2.05, 4.69) is 11.4 Å². The highest BCUT2D eigenvalue weighted by Gasteiger charge is 2.37. The van der Waals surface area contributed by atoms with Gasteiger partial charge in [0.05, 0.1) is 13.2 Å². The highest BCUT2D eigenvalue weighted by atomic mass is 16.5. The van der Waals surface area contributed by atoms with Gasteiger partial charge in [0.1, 0.15) is 6.54 Å². The predicted molar refractivity (Wildman–Crippen MR) is 118 cm³/mol. The molecule has 5 heteroatoms. The third-order valence-corrected chi connectivity index (χ3v) is 5.90. The van der Waals surface area contributed by atoms with Crippen molar-refractivity contribution >= 4 is 11.9 Å². The van der Waals surface area contributed by atoms with E-state index < -0.39 is 6.04 Å². The number of methoxy groups -OCH3 is 1. The Hall–Kier alpha value is -3.44. The van der Waals surface area contributed by atoms with Crippen LogP contribution in [0.1, 0.15) is 28.3 Å². The maximum absolute atomic E-state index is 13.2. The van der Waals surface area contributed by atoms with E-state index in [0.29, 0.717) is 13.0 Å². The molecular formula is C26H27N2O3+. The number of quaternary nitrogens is 1. The van der Waals surface area contributed by atoms with Gasteiger partial charge in [-0.2, -0.15) is 0 Å². The summed E-state index contributed by atoms with van der Waals surface area (Å²) < 4.78 is 5.04. The quantitative estimate of drug-likeness (QED) is 0.606. The lowest BCUT2D eigenvalue weighted by Gasteiger charge is -2.32. The highest BCUT2D eigenvalue weighted by molar-refractivity contribution is 5.79. The van der Waals surface area contributed by atoms with Gasteiger partial charge < -0.3 is 15.0 Å². The number of esters is 1. The minimum absolute atomic E-state index is 0.0963. The number of carbonyl (C=O) groups is 2. The molecule has 0 radical (unpaired) electrons. The van der Waals surface area contributed by atoms with E-state index in [-0.39, 0.29) is 24.5 Å². The fourth-order valence-electron chi connectivity index (χ4n) is 4.31. The summed E-state index contributed by atoms with van der Waals surface area (Å²) in [5, 5.41) is 3.19. The zero-order valence-electron chi connectivity index (χ0n) is 17.6. The van der Waals surface area contributed by atoms with Gasteiger partial charge in [-0.05, 0) is 16.7 Å². The molecule has 3 aromatic carbocycles. The van der Waals surface area contributed by atoms with E-state index >= 15 is 0 Å². The number of hydrogen-bond donors (Lipinski definition) is 2. The lowest BCUT2D eigenvalue weighted by Crippen LogP contribution is -3.17. The van der Waals surface area contributed by atoms with E-state index in [1.54, 1.807) is 0 Å². The fourth-order valence-corrected chi connectivity index (χ4v) is 4.31. The van der Waals surface area contributed by atoms with Crippen LogP contribution in [-0.4, -0.2) is 31.6 Å². The van der Waals surface area contributed by atoms with E-state index in [1.165, 1.54) is 12.7 Å². The summed E-state index contributed by atoms with van der Waals surface area (Å²) in [5.74, 6) is -0.374. The third kappa shape index (κ3) is 4.84. The number of benzene rings is 3. The SMILES string of the molecule is COC(=O)[C@H]1Cc2ccccc2C[NH+]1CC(=O)NC(c1ccccc1)c1ccccc1. The molecule has 1 aliphatic heterocycles. The van der Waals surface area contributed by atoms with Crippen molar-refractivity contribution in [1.82, 2.24) is 5.32 Å². The topological polar surface area (TPSA) is 59.8 Å². The molecule has 0 bridgehead atoms. The minimum Gasteiger partial charge on any atom is -0.465 e. The average molecular weight is 416 g/mol. The lowest BCUT2D eigenvalue weighted by atomic mass is 9.94. The fraction of sp³-hybridized carbons (Fsp3) is 0.231. The molecule has 0 spiro atoms. The van der Waals surface area contributed by atoms with Crippen LogP contribution >= 0.6 is 0 Å². The Kier molecular flexibility index (Phi) is 6.43. The minimum atomic E-state index is -0.391. The molecule has 2 N–H and O–H groups in total. The Morgan fingerprint density at radius 3 is 2.03 bits per heavy atom. The number of nitrogens with one attached hydrogen (secondary N) is 2. The van der Waals surface area contributed by atoms with Crippen LogP contribution in [-0.2, 0) is 27.3 Å². The molecule has 4 rings (SSSR count). The van der Waals surface area contributed by atoms with Crippen LogP contribution in [0.4, 0.5) is 0 Å². The summed E-state index contributed by atoms with van der Waals surface area (Å²) in [6.07, 6.45) is 0.576. The Labute approximate surface area is 182 Å². The summed E-state index contributed by atoms with van der Waals surface area (Å²) in [4.78, 5) is 26.5. The van der Waals surface area contributed by atoms with Gasteiger partial charge in [-0.3, -0.25) is 4.79 Å². The van der Waals surface area contributed by atoms with Crippen molar-refractivity contribution in [3.05, 3.63) is 107 Å². The summed E-state index contributed by atoms with van der Waals surface area (Å²) in [7, 11) is 1.40. The molecule has 0 fully saturated rings. The smallest absolute Gasteiger partial charge is 0.365 e. The first-order valence-electron chi connectivity index (χ1n) is 10.5. The Morgan fingerprint density at radius 2 is 1.45 bits per heavy atom. The third-order valence-electron chi connectivity index (χ3n) is 5.90. The van der Waals surface area contributed by atoms with E-state index in [1.807, 2.05) is 78.9 Å². The predicted octanol–water partition coefficient (Wildman–Crippen LogP) is 2.08. The summed E-state index contributed by atoms with van der Waals surface area (Å²) in [6, 6.07) is 27.3. The first-order valence-corrected chi connectivity index (χ1v) is 10.5. The molecule has 1 amide bonds. The Bertz CT molecular complexity index is 997. The molecule has 2 atom stereocenters. The first kappa shape index (κ1) is 20.8. The Balaban J connectivity index is 1.54. The van der Waals surface area contributed by atoms with Gasteiger partial charge in [0.2, 0.25) is 0 Å². The lowest BCUT2D eigenvalue weighted by molar-refractivity contribution is -0.924. The molecule has 1 aliphatic rings. The number of rotatable bonds is 6. The van der Waals surface area contributed by atoms with Crippen molar-refractivity contribution < 1.29 is 19.2 Å². The highest BCUT2D eigenvalue weighted by Crippen LogP contribution is 2.21. The largest absolute Gasteiger partial charge is 0.465 e. The van der Waals surface area contributed by atoms with Gasteiger partial charge in [0.25, 0.3) is 5.91 Å². The number of hydrogen-bond acceptors (Lipinski definition) is 3. The molecule has 5 nitrogen and oxygen atoms in total. The monoisotopic (exact) mass is 415 g/mol. The van der Waals surface area contributed by atoms with Crippen molar-refractivity contribution in [3.8, 4) is 0 Å². The standard InChI is InChI=1S/C26H26N2O3/c1-31-26(30)23-16-21-14-8-9-15-22(21)17-28(23)18-24(29)27-25(19-10-4-2-5-11-19)20-12-6-3-7-13-20/h2-15,23,25H,16-18H2,1H3,(H,27,29)/p+1/t23-/m1/s1. The summed E-state index contributed by atoms with van der Waals surface area (Å²) in [5.41, 5.74) is 4.36. The van der Waals surface area contributed by atoms with E-state index in [9.17, 15) is 9.59 Å². The average Bonchev–Trinajstić information content (AvgIpc) is 2.82. The summed E-state index contributed by atoms with van der Waals surface area (Å²) >= 11 is 0. The van der Waals surface area contributed by atoms with Crippen molar-refractivity contribution in [2.45, 2.75) is 25.0 Å². The molecule has 1 unspecified atom stereocenters. The second kappa shape index (κ2) is 9.58. The van der Waals surface area contributed by atoms with Crippen molar-refractivity contribution in [3.63, 3.8) is 0 Å². The van der Waals surface area contributed by atoms with Crippen LogP contribution in [0.2, 0.25) is 0 Å². The Morgan fingerprint density at radius 1 is 0.903 bits per heavy atom. The molecule has 0 saturated heterocycles. The molecule has 0 aromatic heterocycles. The molecule has 158 valence electrons. The maximum Gasteiger partial charge on any atom is 0.365 e. The summed E-state index contributed by atoms with van der Waals surface area (Å²) in [6.45, 7) is 0.814. The van der Waals surface area contributed by atoms with Crippen molar-refractivity contribution in [2.75, 3.05) is 13.7 Å². The number of carbonyl (C=O) groups excluding carboxylic acids is 2. The normalized spacial score (nSPS) is 17.6. The second-order valence-electron chi connectivity index (χ2n) is 7.88. The van der Waals surface area contributed by atoms with Gasteiger partial charge in [0, 0.05) is 12.0 Å². The van der Waals surface area contributed by atoms with E-state index in [0.717, 1.165) is 21.6 Å². The van der Waals surface area contributed by atoms with Crippen LogP contribution in [0.3, 0.4) is 0 Å². The van der Waals surface area contributed by atoms with Gasteiger partial charge in [0.15, 0.2) is 12.6 Å². The zero-order valence-corrected chi connectivity index (χ0v) is 17.6. The number of amides is 1. The molecule has 0 aliphatic carbocycles. The van der Waals surface area contributed by atoms with Gasteiger partial charge >= 0.3 is 5.97 Å². The number of ether oxygens (including phenoxy) is 1. The molecule has 1 heterocycles.